The van der Waals surface area contributed by atoms with E-state index in [1.807, 2.05) is 0 Å². The molecule has 1 aromatic heterocycles. The third-order valence-electron chi connectivity index (χ3n) is 14.0. The average Bonchev–Trinajstić information content (AvgIpc) is 3.94. The van der Waals surface area contributed by atoms with Crippen LogP contribution in [0, 0.1) is 0 Å². The number of hydrogen-bond donors (Lipinski definition) is 0. The molecule has 0 aliphatic heterocycles. The molecule has 13 rings (SSSR count). The van der Waals surface area contributed by atoms with Gasteiger partial charge in [0.05, 0.1) is 16.8 Å². The average molecular weight is 854 g/mol. The first-order chi connectivity index (χ1) is 33.3. The normalized spacial score (nSPS) is 12.6. The second-order valence-corrected chi connectivity index (χ2v) is 17.5. The molecule has 2 heteroatoms. The van der Waals surface area contributed by atoms with E-state index in [0.717, 1.165) is 66.5 Å². The monoisotopic (exact) mass is 853 g/mol. The Kier molecular flexibility index (Phi) is 9.11. The Morgan fingerprint density at radius 3 is 1.54 bits per heavy atom. The zero-order chi connectivity index (χ0) is 44.3. The second-order valence-electron chi connectivity index (χ2n) is 17.5. The summed E-state index contributed by atoms with van der Waals surface area (Å²) in [6.07, 6.45) is 0. The number of anilines is 3. The van der Waals surface area contributed by atoms with Gasteiger partial charge in [-0.25, -0.2) is 0 Å². The molecule has 67 heavy (non-hydrogen) atoms. The lowest BCUT2D eigenvalue weighted by atomic mass is 9.67. The van der Waals surface area contributed by atoms with Crippen LogP contribution in [0.1, 0.15) is 22.3 Å². The van der Waals surface area contributed by atoms with Gasteiger partial charge in [0.15, 0.2) is 0 Å². The van der Waals surface area contributed by atoms with E-state index in [4.69, 9.17) is 4.42 Å². The predicted octanol–water partition coefficient (Wildman–Crippen LogP) is 17.6. The van der Waals surface area contributed by atoms with E-state index in [-0.39, 0.29) is 0 Å². The molecule has 0 atom stereocenters. The quantitative estimate of drug-likeness (QED) is 0.151. The van der Waals surface area contributed by atoms with Crippen LogP contribution in [0.3, 0.4) is 0 Å². The molecule has 1 aliphatic rings. The number of rotatable bonds is 8. The number of furan rings is 1. The first-order valence-electron chi connectivity index (χ1n) is 23.1. The molecule has 0 saturated carbocycles. The van der Waals surface area contributed by atoms with Gasteiger partial charge >= 0.3 is 0 Å². The molecule has 0 fully saturated rings. The summed E-state index contributed by atoms with van der Waals surface area (Å²) in [4.78, 5) is 2.51. The molecule has 314 valence electrons. The number of para-hydroxylation sites is 1. The van der Waals surface area contributed by atoms with Crippen LogP contribution in [-0.4, -0.2) is 0 Å². The summed E-state index contributed by atoms with van der Waals surface area (Å²) < 4.78 is 7.02. The molecule has 0 radical (unpaired) electrons. The zero-order valence-corrected chi connectivity index (χ0v) is 36.7. The van der Waals surface area contributed by atoms with Crippen molar-refractivity contribution in [1.29, 1.82) is 0 Å². The maximum absolute atomic E-state index is 7.02. The van der Waals surface area contributed by atoms with Crippen molar-refractivity contribution in [1.82, 2.24) is 0 Å². The van der Waals surface area contributed by atoms with E-state index >= 15 is 0 Å². The maximum atomic E-state index is 7.02. The number of hydrogen-bond acceptors (Lipinski definition) is 2. The van der Waals surface area contributed by atoms with E-state index in [1.54, 1.807) is 0 Å². The first-order valence-corrected chi connectivity index (χ1v) is 23.1. The molecule has 1 heterocycles. The lowest BCUT2D eigenvalue weighted by Crippen LogP contribution is -2.28. The van der Waals surface area contributed by atoms with Crippen LogP contribution >= 0.6 is 0 Å². The first kappa shape index (κ1) is 38.7. The van der Waals surface area contributed by atoms with Crippen molar-refractivity contribution < 1.29 is 4.42 Å². The highest BCUT2D eigenvalue weighted by Gasteiger charge is 2.46. The molecule has 11 aromatic carbocycles. The van der Waals surface area contributed by atoms with Crippen molar-refractivity contribution >= 4 is 49.8 Å². The van der Waals surface area contributed by atoms with E-state index in [2.05, 4.69) is 266 Å². The van der Waals surface area contributed by atoms with Crippen LogP contribution in [0.4, 0.5) is 17.1 Å². The summed E-state index contributed by atoms with van der Waals surface area (Å²) in [7, 11) is 0. The molecule has 0 bridgehead atoms. The Morgan fingerprint density at radius 2 is 0.836 bits per heavy atom. The predicted molar refractivity (Wildman–Crippen MR) is 280 cm³/mol. The van der Waals surface area contributed by atoms with Gasteiger partial charge in [0.25, 0.3) is 0 Å². The van der Waals surface area contributed by atoms with Crippen LogP contribution in [0.15, 0.2) is 265 Å². The summed E-state index contributed by atoms with van der Waals surface area (Å²) in [6, 6.07) is 95.0. The molecular formula is C65H43NO. The van der Waals surface area contributed by atoms with Crippen molar-refractivity contribution in [3.05, 3.63) is 283 Å². The summed E-state index contributed by atoms with van der Waals surface area (Å²) in [5.74, 6) is 0. The highest BCUT2D eigenvalue weighted by molar-refractivity contribution is 6.23. The zero-order valence-electron chi connectivity index (χ0n) is 36.7. The van der Waals surface area contributed by atoms with E-state index < -0.39 is 5.41 Å². The molecule has 0 saturated heterocycles. The molecule has 0 N–H and O–H groups in total. The topological polar surface area (TPSA) is 16.4 Å². The Hall–Kier alpha value is -8.72. The molecule has 0 unspecified atom stereocenters. The standard InChI is InChI=1S/C65H43NO/c1-5-22-44(23-6-1)49-30-13-14-32-51(49)55-36-21-39-62-63(55)57-43-61(54-34-15-16-35-56(54)64(57)67-62)66(60-38-20-18-31-50(60)45-24-7-2-8-25-45)48-40-41-53-52-33-17-19-37-58(52)65(59(53)42-48,46-26-9-3-10-27-46)47-28-11-4-12-29-47/h1-43H. The van der Waals surface area contributed by atoms with Crippen molar-refractivity contribution in [3.8, 4) is 44.5 Å². The number of benzene rings is 11. The van der Waals surface area contributed by atoms with Gasteiger partial charge in [0.2, 0.25) is 0 Å². The highest BCUT2D eigenvalue weighted by Crippen LogP contribution is 2.58. The van der Waals surface area contributed by atoms with Gasteiger partial charge in [0.1, 0.15) is 11.2 Å². The van der Waals surface area contributed by atoms with Gasteiger partial charge in [-0.3, -0.25) is 0 Å². The van der Waals surface area contributed by atoms with E-state index in [1.165, 1.54) is 50.1 Å². The van der Waals surface area contributed by atoms with Gasteiger partial charge in [0, 0.05) is 32.8 Å². The third-order valence-corrected chi connectivity index (χ3v) is 14.0. The maximum Gasteiger partial charge on any atom is 0.143 e. The van der Waals surface area contributed by atoms with Crippen LogP contribution in [0.5, 0.6) is 0 Å². The summed E-state index contributed by atoms with van der Waals surface area (Å²) in [5, 5.41) is 4.33. The van der Waals surface area contributed by atoms with Gasteiger partial charge in [-0.05, 0) is 91.5 Å². The molecular weight excluding hydrogens is 811 g/mol. The van der Waals surface area contributed by atoms with Crippen molar-refractivity contribution in [2.45, 2.75) is 5.41 Å². The molecule has 0 spiro atoms. The SMILES string of the molecule is c1ccc(-c2ccccc2-c2cccc3oc4c5ccccc5c(N(c5ccc6c(c5)C(c5ccccc5)(c5ccccc5)c5ccccc5-6)c5ccccc5-c5ccccc5)cc4c23)cc1. The van der Waals surface area contributed by atoms with Crippen molar-refractivity contribution in [3.63, 3.8) is 0 Å². The molecule has 2 nitrogen and oxygen atoms in total. The molecule has 1 aliphatic carbocycles. The van der Waals surface area contributed by atoms with Crippen LogP contribution in [-0.2, 0) is 5.41 Å². The second kappa shape index (κ2) is 15.8. The fourth-order valence-corrected chi connectivity index (χ4v) is 11.1. The largest absolute Gasteiger partial charge is 0.455 e. The third kappa shape index (κ3) is 6.04. The van der Waals surface area contributed by atoms with Crippen LogP contribution < -0.4 is 4.90 Å². The van der Waals surface area contributed by atoms with Gasteiger partial charge < -0.3 is 9.32 Å². The lowest BCUT2D eigenvalue weighted by Gasteiger charge is -2.35. The Labute approximate surface area is 390 Å². The number of nitrogens with zero attached hydrogens (tertiary/aromatic N) is 1. The summed E-state index contributed by atoms with van der Waals surface area (Å²) >= 11 is 0. The Balaban J connectivity index is 1.14. The minimum Gasteiger partial charge on any atom is -0.455 e. The van der Waals surface area contributed by atoms with Gasteiger partial charge in [-0.2, -0.15) is 0 Å². The van der Waals surface area contributed by atoms with Gasteiger partial charge in [-0.15, -0.1) is 0 Å². The Morgan fingerprint density at radius 1 is 0.313 bits per heavy atom. The summed E-state index contributed by atoms with van der Waals surface area (Å²) in [5.41, 5.74) is 18.9. The lowest BCUT2D eigenvalue weighted by molar-refractivity contribution is 0.673. The summed E-state index contributed by atoms with van der Waals surface area (Å²) in [6.45, 7) is 0. The van der Waals surface area contributed by atoms with Crippen molar-refractivity contribution in [2.24, 2.45) is 0 Å². The molecule has 12 aromatic rings. The van der Waals surface area contributed by atoms with Crippen molar-refractivity contribution in [2.75, 3.05) is 4.90 Å². The van der Waals surface area contributed by atoms with Gasteiger partial charge in [-0.1, -0.05) is 231 Å². The minimum absolute atomic E-state index is 0.567. The van der Waals surface area contributed by atoms with E-state index in [0.29, 0.717) is 0 Å². The fourth-order valence-electron chi connectivity index (χ4n) is 11.1. The van der Waals surface area contributed by atoms with E-state index in [9.17, 15) is 0 Å². The number of fused-ring (bicyclic) bond motifs is 8. The smallest absolute Gasteiger partial charge is 0.143 e. The fraction of sp³-hybridized carbons (Fsp3) is 0.0154. The Bertz CT molecular complexity index is 3760. The van der Waals surface area contributed by atoms with Crippen LogP contribution in [0.2, 0.25) is 0 Å². The highest BCUT2D eigenvalue weighted by atomic mass is 16.3. The molecule has 0 amide bonds. The minimum atomic E-state index is -0.567. The van der Waals surface area contributed by atoms with Crippen LogP contribution in [0.25, 0.3) is 77.2 Å².